The van der Waals surface area contributed by atoms with Gasteiger partial charge < -0.3 is 9.84 Å². The second-order valence-corrected chi connectivity index (χ2v) is 5.79. The molecule has 2 unspecified atom stereocenters. The maximum absolute atomic E-state index is 11.4. The van der Waals surface area contributed by atoms with Crippen LogP contribution in [0.5, 0.6) is 0 Å². The predicted molar refractivity (Wildman–Crippen MR) is 71.7 cm³/mol. The van der Waals surface area contributed by atoms with Crippen LogP contribution in [0, 0.1) is 5.92 Å². The molecule has 1 saturated heterocycles. The predicted octanol–water partition coefficient (Wildman–Crippen LogP) is 2.38. The van der Waals surface area contributed by atoms with E-state index in [0.717, 1.165) is 19.4 Å². The molecule has 0 radical (unpaired) electrons. The van der Waals surface area contributed by atoms with Crippen LogP contribution in [0.4, 0.5) is 0 Å². The highest BCUT2D eigenvalue weighted by molar-refractivity contribution is 5.73. The summed E-state index contributed by atoms with van der Waals surface area (Å²) >= 11 is 0. The molecule has 1 aliphatic heterocycles. The summed E-state index contributed by atoms with van der Waals surface area (Å²) in [7, 11) is 1.91. The van der Waals surface area contributed by atoms with Gasteiger partial charge in [0.1, 0.15) is 6.04 Å². The lowest BCUT2D eigenvalue weighted by molar-refractivity contribution is -0.146. The van der Waals surface area contributed by atoms with Gasteiger partial charge in [-0.15, -0.1) is 0 Å². The van der Waals surface area contributed by atoms with E-state index in [1.54, 1.807) is 0 Å². The Morgan fingerprint density at radius 3 is 2.50 bits per heavy atom. The minimum atomic E-state index is -0.728. The minimum absolute atomic E-state index is 0.158. The monoisotopic (exact) mass is 257 g/mol. The number of hydrogen-bond donors (Lipinski definition) is 1. The van der Waals surface area contributed by atoms with E-state index in [1.165, 1.54) is 6.42 Å². The fourth-order valence-corrected chi connectivity index (χ4v) is 2.58. The van der Waals surface area contributed by atoms with E-state index in [4.69, 9.17) is 4.74 Å². The van der Waals surface area contributed by atoms with Crippen LogP contribution in [0.15, 0.2) is 0 Å². The van der Waals surface area contributed by atoms with Crippen LogP contribution in [-0.2, 0) is 9.53 Å². The molecule has 0 aromatic carbocycles. The Balaban J connectivity index is 2.62. The molecule has 1 heterocycles. The molecule has 4 nitrogen and oxygen atoms in total. The number of ether oxygens (including phenoxy) is 1. The van der Waals surface area contributed by atoms with Gasteiger partial charge in [0.25, 0.3) is 0 Å². The molecule has 0 aromatic heterocycles. The van der Waals surface area contributed by atoms with Gasteiger partial charge in [0.2, 0.25) is 0 Å². The third-order valence-corrected chi connectivity index (χ3v) is 3.87. The molecule has 0 saturated carbocycles. The van der Waals surface area contributed by atoms with Crippen molar-refractivity contribution < 1.29 is 14.6 Å². The average molecular weight is 257 g/mol. The largest absolute Gasteiger partial charge is 0.480 e. The fourth-order valence-electron chi connectivity index (χ4n) is 2.58. The maximum Gasteiger partial charge on any atom is 0.320 e. The van der Waals surface area contributed by atoms with Crippen molar-refractivity contribution in [3.05, 3.63) is 0 Å². The van der Waals surface area contributed by atoms with Crippen molar-refractivity contribution in [2.45, 2.75) is 64.6 Å². The van der Waals surface area contributed by atoms with Crippen molar-refractivity contribution in [1.29, 1.82) is 0 Å². The number of nitrogens with zero attached hydrogens (tertiary/aromatic N) is 1. The van der Waals surface area contributed by atoms with Crippen molar-refractivity contribution in [1.82, 2.24) is 4.90 Å². The summed E-state index contributed by atoms with van der Waals surface area (Å²) in [4.78, 5) is 13.4. The van der Waals surface area contributed by atoms with E-state index < -0.39 is 12.0 Å². The van der Waals surface area contributed by atoms with Gasteiger partial charge in [-0.2, -0.15) is 0 Å². The lowest BCUT2D eigenvalue weighted by Gasteiger charge is -2.37. The first-order valence-electron chi connectivity index (χ1n) is 6.99. The number of carboxylic acids is 1. The van der Waals surface area contributed by atoms with Crippen molar-refractivity contribution in [2.75, 3.05) is 13.7 Å². The fraction of sp³-hybridized carbons (Fsp3) is 0.929. The Kier molecular flexibility index (Phi) is 6.09. The van der Waals surface area contributed by atoms with Crippen molar-refractivity contribution >= 4 is 5.97 Å². The molecule has 106 valence electrons. The molecule has 0 bridgehead atoms. The summed E-state index contributed by atoms with van der Waals surface area (Å²) in [6.45, 7) is 7.01. The highest BCUT2D eigenvalue weighted by Gasteiger charge is 2.32. The van der Waals surface area contributed by atoms with Crippen molar-refractivity contribution in [2.24, 2.45) is 5.92 Å². The Morgan fingerprint density at radius 1 is 1.39 bits per heavy atom. The molecule has 1 fully saturated rings. The lowest BCUT2D eigenvalue weighted by Crippen LogP contribution is -2.50. The Bertz CT molecular complexity index is 262. The minimum Gasteiger partial charge on any atom is -0.480 e. The Morgan fingerprint density at radius 2 is 2.06 bits per heavy atom. The van der Waals surface area contributed by atoms with E-state index in [1.807, 2.05) is 11.9 Å². The van der Waals surface area contributed by atoms with E-state index in [9.17, 15) is 9.90 Å². The van der Waals surface area contributed by atoms with Crippen LogP contribution >= 0.6 is 0 Å². The Labute approximate surface area is 110 Å². The second-order valence-electron chi connectivity index (χ2n) is 5.79. The normalized spacial score (nSPS) is 24.2. The van der Waals surface area contributed by atoms with Gasteiger partial charge in [0.15, 0.2) is 0 Å². The van der Waals surface area contributed by atoms with Gasteiger partial charge in [0.05, 0.1) is 6.10 Å². The van der Waals surface area contributed by atoms with Crippen LogP contribution in [0.25, 0.3) is 0 Å². The summed E-state index contributed by atoms with van der Waals surface area (Å²) < 4.78 is 5.76. The van der Waals surface area contributed by atoms with Crippen LogP contribution in [0.1, 0.15) is 46.5 Å². The molecule has 0 spiro atoms. The topological polar surface area (TPSA) is 49.8 Å². The highest BCUT2D eigenvalue weighted by Crippen LogP contribution is 2.22. The first-order valence-corrected chi connectivity index (χ1v) is 6.99. The highest BCUT2D eigenvalue weighted by atomic mass is 16.5. The first-order chi connectivity index (χ1) is 8.43. The molecule has 1 N–H and O–H groups in total. The molecule has 0 aliphatic carbocycles. The van der Waals surface area contributed by atoms with Gasteiger partial charge in [0, 0.05) is 12.6 Å². The summed E-state index contributed by atoms with van der Waals surface area (Å²) in [5.41, 5.74) is 0. The van der Waals surface area contributed by atoms with Crippen molar-refractivity contribution in [3.63, 3.8) is 0 Å². The van der Waals surface area contributed by atoms with Gasteiger partial charge >= 0.3 is 5.97 Å². The van der Waals surface area contributed by atoms with E-state index >= 15 is 0 Å². The number of rotatable bonds is 6. The van der Waals surface area contributed by atoms with E-state index in [0.29, 0.717) is 12.3 Å². The van der Waals surface area contributed by atoms with Crippen LogP contribution in [0.3, 0.4) is 0 Å². The number of aliphatic carboxylic acids is 1. The van der Waals surface area contributed by atoms with Crippen LogP contribution in [-0.4, -0.2) is 47.8 Å². The maximum atomic E-state index is 11.4. The third kappa shape index (κ3) is 4.25. The molecular weight excluding hydrogens is 230 g/mol. The van der Waals surface area contributed by atoms with Crippen molar-refractivity contribution in [3.8, 4) is 0 Å². The smallest absolute Gasteiger partial charge is 0.320 e. The molecular formula is C14H27NO3. The molecule has 1 rings (SSSR count). The SMILES string of the molecule is CC(C)C[C@@H](C(=O)O)N(C)C(C)C1CCCCO1. The molecule has 0 amide bonds. The molecule has 4 heteroatoms. The third-order valence-electron chi connectivity index (χ3n) is 3.87. The molecule has 18 heavy (non-hydrogen) atoms. The number of carboxylic acid groups (broad SMARTS) is 1. The summed E-state index contributed by atoms with van der Waals surface area (Å²) in [5, 5.41) is 9.36. The van der Waals surface area contributed by atoms with E-state index in [-0.39, 0.29) is 12.1 Å². The van der Waals surface area contributed by atoms with Gasteiger partial charge in [-0.3, -0.25) is 9.69 Å². The van der Waals surface area contributed by atoms with Gasteiger partial charge in [-0.1, -0.05) is 13.8 Å². The van der Waals surface area contributed by atoms with Gasteiger partial charge in [-0.25, -0.2) is 0 Å². The summed E-state index contributed by atoms with van der Waals surface area (Å²) in [5.74, 6) is -0.345. The number of carbonyl (C=O) groups is 1. The van der Waals surface area contributed by atoms with E-state index in [2.05, 4.69) is 20.8 Å². The molecule has 0 aromatic rings. The molecule has 3 atom stereocenters. The standard InChI is InChI=1S/C14H27NO3/c1-10(2)9-12(14(16)17)15(4)11(3)13-7-5-6-8-18-13/h10-13H,5-9H2,1-4H3,(H,16,17)/t11?,12-,13?/m0/s1. The van der Waals surface area contributed by atoms with Crippen LogP contribution in [0.2, 0.25) is 0 Å². The van der Waals surface area contributed by atoms with Crippen LogP contribution < -0.4 is 0 Å². The number of likely N-dealkylation sites (N-methyl/N-ethyl adjacent to an activating group) is 1. The lowest BCUT2D eigenvalue weighted by atomic mass is 9.97. The Hall–Kier alpha value is -0.610. The average Bonchev–Trinajstić information content (AvgIpc) is 2.34. The summed E-state index contributed by atoms with van der Waals surface area (Å²) in [6, 6.07) is -0.254. The zero-order valence-electron chi connectivity index (χ0n) is 12.1. The molecule has 1 aliphatic rings. The second kappa shape index (κ2) is 7.10. The quantitative estimate of drug-likeness (QED) is 0.793. The summed E-state index contributed by atoms with van der Waals surface area (Å²) in [6.07, 6.45) is 4.21. The number of hydrogen-bond acceptors (Lipinski definition) is 3. The van der Waals surface area contributed by atoms with Gasteiger partial charge in [-0.05, 0) is 45.6 Å². The zero-order chi connectivity index (χ0) is 13.7. The first kappa shape index (κ1) is 15.4. The zero-order valence-corrected chi connectivity index (χ0v) is 12.1.